The highest BCUT2D eigenvalue weighted by Crippen LogP contribution is 2.24. The molecule has 0 aliphatic rings. The van der Waals surface area contributed by atoms with Crippen LogP contribution in [0.1, 0.15) is 10.4 Å². The summed E-state index contributed by atoms with van der Waals surface area (Å²) in [6, 6.07) is 9.74. The van der Waals surface area contributed by atoms with Crippen LogP contribution in [0.25, 0.3) is 0 Å². The summed E-state index contributed by atoms with van der Waals surface area (Å²) in [6.45, 7) is 2.95. The third kappa shape index (κ3) is 5.38. The van der Waals surface area contributed by atoms with E-state index in [1.807, 2.05) is 42.6 Å². The molecule has 0 aliphatic carbocycles. The maximum Gasteiger partial charge on any atom is 0.238 e. The number of anilines is 1. The summed E-state index contributed by atoms with van der Waals surface area (Å²) in [6.07, 6.45) is 0. The maximum absolute atomic E-state index is 11.9. The van der Waals surface area contributed by atoms with E-state index in [1.54, 1.807) is 18.4 Å². The van der Waals surface area contributed by atoms with E-state index < -0.39 is 0 Å². The lowest BCUT2D eigenvalue weighted by molar-refractivity contribution is -0.115. The SMILES string of the molecule is COc1ccc(C)cc1NC(=O)CNCc1cccs1.[Cl-]. The van der Waals surface area contributed by atoms with Crippen molar-refractivity contribution in [1.82, 2.24) is 5.32 Å². The zero-order valence-corrected chi connectivity index (χ0v) is 13.6. The van der Waals surface area contributed by atoms with Gasteiger partial charge in [-0.05, 0) is 36.1 Å². The van der Waals surface area contributed by atoms with Crippen LogP contribution in [0.2, 0.25) is 0 Å². The van der Waals surface area contributed by atoms with Crippen molar-refractivity contribution in [3.8, 4) is 5.75 Å². The maximum atomic E-state index is 11.9. The quantitative estimate of drug-likeness (QED) is 0.773. The lowest BCUT2D eigenvalue weighted by Gasteiger charge is -2.11. The molecule has 0 fully saturated rings. The number of ether oxygens (including phenoxy) is 1. The van der Waals surface area contributed by atoms with Crippen LogP contribution in [0.4, 0.5) is 5.69 Å². The Balaban J connectivity index is 0.00000220. The molecule has 0 spiro atoms. The van der Waals surface area contributed by atoms with Crippen LogP contribution in [0.5, 0.6) is 5.75 Å². The second-order valence-corrected chi connectivity index (χ2v) is 5.47. The number of benzene rings is 1. The molecule has 1 aromatic carbocycles. The summed E-state index contributed by atoms with van der Waals surface area (Å²) < 4.78 is 5.23. The van der Waals surface area contributed by atoms with Crippen molar-refractivity contribution >= 4 is 22.9 Å². The Bertz CT molecular complexity index is 573. The molecular formula is C15H18ClN2O2S-. The molecule has 1 heterocycles. The smallest absolute Gasteiger partial charge is 0.238 e. The molecule has 0 atom stereocenters. The Morgan fingerprint density at radius 2 is 2.14 bits per heavy atom. The van der Waals surface area contributed by atoms with E-state index in [0.29, 0.717) is 18.0 Å². The van der Waals surface area contributed by atoms with Gasteiger partial charge in [0.2, 0.25) is 5.91 Å². The average Bonchev–Trinajstić information content (AvgIpc) is 2.92. The fraction of sp³-hybridized carbons (Fsp3) is 0.267. The lowest BCUT2D eigenvalue weighted by atomic mass is 10.2. The van der Waals surface area contributed by atoms with Crippen LogP contribution in [-0.4, -0.2) is 19.6 Å². The Kier molecular flexibility index (Phi) is 7.22. The summed E-state index contributed by atoms with van der Waals surface area (Å²) in [4.78, 5) is 13.1. The molecule has 0 unspecified atom stereocenters. The lowest BCUT2D eigenvalue weighted by Crippen LogP contribution is -3.00. The molecule has 114 valence electrons. The van der Waals surface area contributed by atoms with Gasteiger partial charge in [0.25, 0.3) is 0 Å². The Hall–Kier alpha value is -1.56. The third-order valence-corrected chi connectivity index (χ3v) is 3.67. The highest BCUT2D eigenvalue weighted by Gasteiger charge is 2.07. The molecule has 2 rings (SSSR count). The van der Waals surface area contributed by atoms with Gasteiger partial charge in [0, 0.05) is 11.4 Å². The number of carbonyl (C=O) groups is 1. The molecule has 1 amide bonds. The molecule has 1 aromatic heterocycles. The normalized spacial score (nSPS) is 9.81. The van der Waals surface area contributed by atoms with Gasteiger partial charge in [-0.25, -0.2) is 0 Å². The van der Waals surface area contributed by atoms with Crippen molar-refractivity contribution in [1.29, 1.82) is 0 Å². The predicted octanol–water partition coefficient (Wildman–Crippen LogP) is -0.203. The van der Waals surface area contributed by atoms with Crippen LogP contribution >= 0.6 is 11.3 Å². The van der Waals surface area contributed by atoms with Crippen molar-refractivity contribution in [2.75, 3.05) is 19.0 Å². The first kappa shape index (κ1) is 17.5. The topological polar surface area (TPSA) is 50.4 Å². The van der Waals surface area contributed by atoms with Gasteiger partial charge in [-0.15, -0.1) is 11.3 Å². The molecule has 6 heteroatoms. The molecule has 0 saturated heterocycles. The summed E-state index contributed by atoms with van der Waals surface area (Å²) in [5.74, 6) is 0.590. The number of thiophene rings is 1. The molecule has 21 heavy (non-hydrogen) atoms. The monoisotopic (exact) mass is 325 g/mol. The molecule has 0 bridgehead atoms. The van der Waals surface area contributed by atoms with Crippen LogP contribution in [0.15, 0.2) is 35.7 Å². The fourth-order valence-electron chi connectivity index (χ4n) is 1.83. The van der Waals surface area contributed by atoms with Gasteiger partial charge in [-0.1, -0.05) is 12.1 Å². The van der Waals surface area contributed by atoms with Crippen molar-refractivity contribution in [3.63, 3.8) is 0 Å². The van der Waals surface area contributed by atoms with E-state index in [1.165, 1.54) is 4.88 Å². The van der Waals surface area contributed by atoms with Crippen LogP contribution in [0.3, 0.4) is 0 Å². The molecular weight excluding hydrogens is 308 g/mol. The second-order valence-electron chi connectivity index (χ2n) is 4.43. The van der Waals surface area contributed by atoms with E-state index in [0.717, 1.165) is 5.56 Å². The van der Waals surface area contributed by atoms with E-state index in [4.69, 9.17) is 4.74 Å². The number of hydrogen-bond acceptors (Lipinski definition) is 4. The summed E-state index contributed by atoms with van der Waals surface area (Å²) in [7, 11) is 1.59. The minimum absolute atomic E-state index is 0. The zero-order chi connectivity index (χ0) is 14.4. The predicted molar refractivity (Wildman–Crippen MR) is 82.4 cm³/mol. The number of methoxy groups -OCH3 is 1. The van der Waals surface area contributed by atoms with Crippen molar-refractivity contribution in [3.05, 3.63) is 46.2 Å². The zero-order valence-electron chi connectivity index (χ0n) is 12.0. The van der Waals surface area contributed by atoms with Gasteiger partial charge in [0.15, 0.2) is 0 Å². The number of hydrogen-bond donors (Lipinski definition) is 2. The number of nitrogens with one attached hydrogen (secondary N) is 2. The number of carbonyl (C=O) groups excluding carboxylic acids is 1. The summed E-state index contributed by atoms with van der Waals surface area (Å²) in [5.41, 5.74) is 1.78. The van der Waals surface area contributed by atoms with Crippen molar-refractivity contribution in [2.45, 2.75) is 13.5 Å². The van der Waals surface area contributed by atoms with Gasteiger partial charge in [0.1, 0.15) is 5.75 Å². The van der Waals surface area contributed by atoms with Crippen molar-refractivity contribution < 1.29 is 21.9 Å². The molecule has 0 saturated carbocycles. The number of aryl methyl sites for hydroxylation is 1. The molecule has 2 N–H and O–H groups in total. The molecule has 4 nitrogen and oxygen atoms in total. The fourth-order valence-corrected chi connectivity index (χ4v) is 2.50. The van der Waals surface area contributed by atoms with Gasteiger partial charge in [-0.2, -0.15) is 0 Å². The van der Waals surface area contributed by atoms with Crippen LogP contribution in [0, 0.1) is 6.92 Å². The van der Waals surface area contributed by atoms with Gasteiger partial charge >= 0.3 is 0 Å². The van der Waals surface area contributed by atoms with E-state index >= 15 is 0 Å². The van der Waals surface area contributed by atoms with E-state index in [2.05, 4.69) is 10.6 Å². The highest BCUT2D eigenvalue weighted by molar-refractivity contribution is 7.09. The number of halogens is 1. The molecule has 0 aliphatic heterocycles. The third-order valence-electron chi connectivity index (χ3n) is 2.79. The Morgan fingerprint density at radius 1 is 1.33 bits per heavy atom. The number of amides is 1. The van der Waals surface area contributed by atoms with E-state index in [-0.39, 0.29) is 24.9 Å². The first-order chi connectivity index (χ1) is 9.69. The average molecular weight is 326 g/mol. The van der Waals surface area contributed by atoms with Crippen molar-refractivity contribution in [2.24, 2.45) is 0 Å². The molecule has 2 aromatic rings. The standard InChI is InChI=1S/C15H18N2O2S.ClH/c1-11-5-6-14(19-2)13(8-11)17-15(18)10-16-9-12-4-3-7-20-12;/h3-8,16H,9-10H2,1-2H3,(H,17,18);1H/p-1. The first-order valence-electron chi connectivity index (χ1n) is 6.36. The highest BCUT2D eigenvalue weighted by atomic mass is 35.5. The van der Waals surface area contributed by atoms with E-state index in [9.17, 15) is 4.79 Å². The summed E-state index contributed by atoms with van der Waals surface area (Å²) >= 11 is 1.67. The van der Waals surface area contributed by atoms with Gasteiger partial charge < -0.3 is 27.8 Å². The number of rotatable bonds is 6. The first-order valence-corrected chi connectivity index (χ1v) is 7.24. The largest absolute Gasteiger partial charge is 1.00 e. The molecule has 0 radical (unpaired) electrons. The second kappa shape index (κ2) is 8.67. The summed E-state index contributed by atoms with van der Waals surface area (Å²) in [5, 5.41) is 8.00. The van der Waals surface area contributed by atoms with Gasteiger partial charge in [-0.3, -0.25) is 4.79 Å². The Labute approximate surface area is 134 Å². The van der Waals surface area contributed by atoms with Gasteiger partial charge in [0.05, 0.1) is 19.3 Å². The van der Waals surface area contributed by atoms with Crippen LogP contribution < -0.4 is 27.8 Å². The Morgan fingerprint density at radius 3 is 2.81 bits per heavy atom. The minimum Gasteiger partial charge on any atom is -1.00 e. The minimum atomic E-state index is -0.0783. The van der Waals surface area contributed by atoms with Crippen LogP contribution in [-0.2, 0) is 11.3 Å².